The van der Waals surface area contributed by atoms with E-state index in [4.69, 9.17) is 27.9 Å². The number of aromatic nitrogens is 1. The number of pyridine rings is 1. The van der Waals surface area contributed by atoms with Gasteiger partial charge in [-0.3, -0.25) is 14.8 Å². The molecule has 156 valence electrons. The molecule has 1 aromatic heterocycles. The first-order valence-corrected chi connectivity index (χ1v) is 10.9. The third kappa shape index (κ3) is 5.59. The number of nitrogens with one attached hydrogen (secondary N) is 1. The van der Waals surface area contributed by atoms with Crippen molar-refractivity contribution in [1.82, 2.24) is 4.98 Å². The monoisotopic (exact) mass is 467 g/mol. The number of sulfonamides is 1. The summed E-state index contributed by atoms with van der Waals surface area (Å²) < 4.78 is 33.2. The van der Waals surface area contributed by atoms with Crippen molar-refractivity contribution in [3.63, 3.8) is 0 Å². The molecule has 30 heavy (non-hydrogen) atoms. The molecular formula is C19H15Cl2N3O5S. The van der Waals surface area contributed by atoms with Gasteiger partial charge in [0, 0.05) is 17.8 Å². The Morgan fingerprint density at radius 2 is 1.83 bits per heavy atom. The number of nitro groups is 1. The molecule has 0 aliphatic carbocycles. The first-order valence-electron chi connectivity index (χ1n) is 8.50. The van der Waals surface area contributed by atoms with E-state index in [1.54, 1.807) is 30.3 Å². The van der Waals surface area contributed by atoms with Gasteiger partial charge in [-0.05, 0) is 29.8 Å². The molecule has 0 spiro atoms. The number of hydrogen-bond acceptors (Lipinski definition) is 6. The zero-order valence-electron chi connectivity index (χ0n) is 15.3. The minimum Gasteiger partial charge on any atom is -0.485 e. The van der Waals surface area contributed by atoms with Crippen molar-refractivity contribution < 1.29 is 18.1 Å². The van der Waals surface area contributed by atoms with E-state index in [9.17, 15) is 18.5 Å². The predicted molar refractivity (Wildman–Crippen MR) is 114 cm³/mol. The largest absolute Gasteiger partial charge is 0.485 e. The highest BCUT2D eigenvalue weighted by Crippen LogP contribution is 2.27. The molecule has 0 amide bonds. The Kier molecular flexibility index (Phi) is 6.76. The van der Waals surface area contributed by atoms with Crippen molar-refractivity contribution in [2.24, 2.45) is 0 Å². The number of benzene rings is 2. The molecule has 8 nitrogen and oxygen atoms in total. The molecule has 0 atom stereocenters. The molecule has 3 aromatic rings. The van der Waals surface area contributed by atoms with Crippen molar-refractivity contribution in [3.05, 3.63) is 92.1 Å². The summed E-state index contributed by atoms with van der Waals surface area (Å²) >= 11 is 11.9. The highest BCUT2D eigenvalue weighted by Gasteiger charge is 2.21. The van der Waals surface area contributed by atoms with Crippen LogP contribution in [0.1, 0.15) is 11.1 Å². The molecule has 3 rings (SSSR count). The first-order chi connectivity index (χ1) is 14.2. The second-order valence-corrected chi connectivity index (χ2v) is 8.67. The topological polar surface area (TPSA) is 111 Å². The maximum absolute atomic E-state index is 12.6. The van der Waals surface area contributed by atoms with E-state index >= 15 is 0 Å². The van der Waals surface area contributed by atoms with Gasteiger partial charge in [0.15, 0.2) is 11.6 Å². The van der Waals surface area contributed by atoms with Crippen LogP contribution >= 0.6 is 23.2 Å². The standard InChI is InChI=1S/C19H15Cl2N3O5S/c20-15-8-7-13(10-16(15)21)11-29-18-6-3-9-22-19(18)23-30(27,28)12-14-4-1-2-5-17(14)24(25)26/h1-10H,11-12H2,(H,22,23). The van der Waals surface area contributed by atoms with E-state index in [0.29, 0.717) is 10.0 Å². The molecule has 0 bridgehead atoms. The van der Waals surface area contributed by atoms with Gasteiger partial charge in [0.05, 0.1) is 15.0 Å². The summed E-state index contributed by atoms with van der Waals surface area (Å²) in [6.07, 6.45) is 1.40. The van der Waals surface area contributed by atoms with Crippen molar-refractivity contribution in [1.29, 1.82) is 0 Å². The Hall–Kier alpha value is -2.88. The third-order valence-electron chi connectivity index (χ3n) is 3.94. The quantitative estimate of drug-likeness (QED) is 0.375. The highest BCUT2D eigenvalue weighted by molar-refractivity contribution is 7.91. The van der Waals surface area contributed by atoms with Crippen LogP contribution in [0.15, 0.2) is 60.8 Å². The number of para-hydroxylation sites is 1. The fourth-order valence-corrected chi connectivity index (χ4v) is 4.07. The Morgan fingerprint density at radius 1 is 1.07 bits per heavy atom. The molecular weight excluding hydrogens is 453 g/mol. The van der Waals surface area contributed by atoms with Gasteiger partial charge in [0.25, 0.3) is 5.69 Å². The van der Waals surface area contributed by atoms with Gasteiger partial charge in [-0.1, -0.05) is 47.5 Å². The highest BCUT2D eigenvalue weighted by atomic mass is 35.5. The van der Waals surface area contributed by atoms with E-state index in [0.717, 1.165) is 5.56 Å². The van der Waals surface area contributed by atoms with Crippen molar-refractivity contribution in [2.45, 2.75) is 12.4 Å². The van der Waals surface area contributed by atoms with Gasteiger partial charge in [-0.2, -0.15) is 0 Å². The average Bonchev–Trinajstić information content (AvgIpc) is 2.69. The van der Waals surface area contributed by atoms with E-state index < -0.39 is 20.7 Å². The normalized spacial score (nSPS) is 11.1. The molecule has 1 N–H and O–H groups in total. The van der Waals surface area contributed by atoms with Crippen molar-refractivity contribution >= 4 is 44.7 Å². The molecule has 0 radical (unpaired) electrons. The van der Waals surface area contributed by atoms with Crippen LogP contribution in [0.25, 0.3) is 0 Å². The smallest absolute Gasteiger partial charge is 0.273 e. The Labute approximate surface area is 182 Å². The summed E-state index contributed by atoms with van der Waals surface area (Å²) in [6.45, 7) is 0.0987. The fraction of sp³-hybridized carbons (Fsp3) is 0.105. The van der Waals surface area contributed by atoms with Gasteiger partial charge < -0.3 is 4.74 Å². The molecule has 0 aliphatic rings. The molecule has 0 fully saturated rings. The van der Waals surface area contributed by atoms with Crippen molar-refractivity contribution in [2.75, 3.05) is 4.72 Å². The zero-order valence-corrected chi connectivity index (χ0v) is 17.6. The second kappa shape index (κ2) is 9.29. The van der Waals surface area contributed by atoms with Gasteiger partial charge in [0.1, 0.15) is 12.4 Å². The van der Waals surface area contributed by atoms with Crippen LogP contribution < -0.4 is 9.46 Å². The molecule has 0 saturated heterocycles. The number of halogens is 2. The first kappa shape index (κ1) is 21.8. The number of ether oxygens (including phenoxy) is 1. The van der Waals surface area contributed by atoms with Gasteiger partial charge in [-0.15, -0.1) is 0 Å². The van der Waals surface area contributed by atoms with Crippen LogP contribution in [0.5, 0.6) is 5.75 Å². The maximum Gasteiger partial charge on any atom is 0.273 e. The summed E-state index contributed by atoms with van der Waals surface area (Å²) in [6, 6.07) is 13.8. The second-order valence-electron chi connectivity index (χ2n) is 6.13. The number of anilines is 1. The molecule has 2 aromatic carbocycles. The van der Waals surface area contributed by atoms with Crippen LogP contribution in [0, 0.1) is 10.1 Å². The Morgan fingerprint density at radius 3 is 2.57 bits per heavy atom. The molecule has 11 heteroatoms. The van der Waals surface area contributed by atoms with Crippen LogP contribution in [0.4, 0.5) is 11.5 Å². The minimum atomic E-state index is -4.00. The van der Waals surface area contributed by atoms with E-state index in [2.05, 4.69) is 9.71 Å². The van der Waals surface area contributed by atoms with Crippen LogP contribution in [-0.2, 0) is 22.4 Å². The fourth-order valence-electron chi connectivity index (χ4n) is 2.57. The van der Waals surface area contributed by atoms with Gasteiger partial charge >= 0.3 is 0 Å². The number of rotatable bonds is 8. The minimum absolute atomic E-state index is 0.0313. The SMILES string of the molecule is O=[N+]([O-])c1ccccc1CS(=O)(=O)Nc1ncccc1OCc1ccc(Cl)c(Cl)c1. The summed E-state index contributed by atoms with van der Waals surface area (Å²) in [5.74, 6) is -0.432. The van der Waals surface area contributed by atoms with E-state index in [1.165, 1.54) is 30.5 Å². The van der Waals surface area contributed by atoms with E-state index in [1.807, 2.05) is 0 Å². The van der Waals surface area contributed by atoms with Crippen molar-refractivity contribution in [3.8, 4) is 5.75 Å². The third-order valence-corrected chi connectivity index (χ3v) is 5.87. The predicted octanol–water partition coefficient (Wildman–Crippen LogP) is 4.82. The van der Waals surface area contributed by atoms with Gasteiger partial charge in [0.2, 0.25) is 10.0 Å². The lowest BCUT2D eigenvalue weighted by Crippen LogP contribution is -2.17. The summed E-state index contributed by atoms with van der Waals surface area (Å²) in [5.41, 5.74) is 0.506. The maximum atomic E-state index is 12.6. The Bertz CT molecular complexity index is 1190. The van der Waals surface area contributed by atoms with Crippen LogP contribution in [0.2, 0.25) is 10.0 Å². The summed E-state index contributed by atoms with van der Waals surface area (Å²) in [5, 5.41) is 11.9. The van der Waals surface area contributed by atoms with Gasteiger partial charge in [-0.25, -0.2) is 13.4 Å². The molecule has 0 saturated carbocycles. The van der Waals surface area contributed by atoms with Crippen LogP contribution in [0.3, 0.4) is 0 Å². The lowest BCUT2D eigenvalue weighted by molar-refractivity contribution is -0.385. The molecule has 0 aliphatic heterocycles. The lowest BCUT2D eigenvalue weighted by atomic mass is 10.2. The number of nitro benzene ring substituents is 1. The Balaban J connectivity index is 1.77. The van der Waals surface area contributed by atoms with E-state index in [-0.39, 0.29) is 29.4 Å². The zero-order chi connectivity index (χ0) is 21.7. The molecule has 0 unspecified atom stereocenters. The number of hydrogen-bond donors (Lipinski definition) is 1. The summed E-state index contributed by atoms with van der Waals surface area (Å²) in [7, 11) is -4.00. The molecule has 1 heterocycles. The van der Waals surface area contributed by atoms with Crippen LogP contribution in [-0.4, -0.2) is 18.3 Å². The average molecular weight is 468 g/mol. The number of nitrogens with zero attached hydrogens (tertiary/aromatic N) is 2. The lowest BCUT2D eigenvalue weighted by Gasteiger charge is -2.13. The summed E-state index contributed by atoms with van der Waals surface area (Å²) in [4.78, 5) is 14.5.